The van der Waals surface area contributed by atoms with Crippen LogP contribution in [0.15, 0.2) is 18.2 Å². The van der Waals surface area contributed by atoms with Gasteiger partial charge in [0.15, 0.2) is 0 Å². The van der Waals surface area contributed by atoms with Crippen LogP contribution in [0.2, 0.25) is 5.02 Å². The van der Waals surface area contributed by atoms with Gasteiger partial charge in [0.05, 0.1) is 25.3 Å². The van der Waals surface area contributed by atoms with Crippen molar-refractivity contribution in [2.45, 2.75) is 57.6 Å². The lowest BCUT2D eigenvalue weighted by atomic mass is 9.49. The van der Waals surface area contributed by atoms with E-state index in [-0.39, 0.29) is 42.2 Å². The van der Waals surface area contributed by atoms with Crippen molar-refractivity contribution in [2.75, 3.05) is 32.8 Å². The fourth-order valence-electron chi connectivity index (χ4n) is 7.38. The van der Waals surface area contributed by atoms with E-state index < -0.39 is 6.04 Å². The number of hydrogen-bond donors (Lipinski definition) is 2. The van der Waals surface area contributed by atoms with E-state index in [0.29, 0.717) is 48.0 Å². The first-order valence-corrected chi connectivity index (χ1v) is 13.1. The lowest BCUT2D eigenvalue weighted by Gasteiger charge is -2.55. The summed E-state index contributed by atoms with van der Waals surface area (Å²) in [7, 11) is 0. The summed E-state index contributed by atoms with van der Waals surface area (Å²) < 4.78 is 20.4. The number of morpholine rings is 1. The average Bonchev–Trinajstić information content (AvgIpc) is 2.78. The molecule has 34 heavy (non-hydrogen) atoms. The van der Waals surface area contributed by atoms with Gasteiger partial charge in [-0.2, -0.15) is 0 Å². The minimum absolute atomic E-state index is 0.0112. The first-order valence-electron chi connectivity index (χ1n) is 12.7. The first-order chi connectivity index (χ1) is 16.3. The van der Waals surface area contributed by atoms with Gasteiger partial charge in [-0.1, -0.05) is 17.7 Å². The molecule has 1 aliphatic heterocycles. The third-order valence-electron chi connectivity index (χ3n) is 8.47. The molecule has 0 spiro atoms. The molecule has 1 saturated heterocycles. The Bertz CT molecular complexity index is 886. The maximum Gasteiger partial charge on any atom is 0.239 e. The second-order valence-corrected chi connectivity index (χ2v) is 11.4. The summed E-state index contributed by atoms with van der Waals surface area (Å²) in [4.78, 5) is 28.0. The number of rotatable bonds is 7. The van der Waals surface area contributed by atoms with Gasteiger partial charge in [-0.25, -0.2) is 4.39 Å². The van der Waals surface area contributed by atoms with Crippen LogP contribution < -0.4 is 10.6 Å². The van der Waals surface area contributed by atoms with Crippen molar-refractivity contribution < 1.29 is 18.7 Å². The number of carbonyl (C=O) groups excluding carboxylic acids is 2. The highest BCUT2D eigenvalue weighted by Gasteiger charge is 2.54. The van der Waals surface area contributed by atoms with Gasteiger partial charge in [0, 0.05) is 35.6 Å². The van der Waals surface area contributed by atoms with E-state index in [0.717, 1.165) is 19.3 Å². The Morgan fingerprint density at radius 2 is 1.85 bits per heavy atom. The van der Waals surface area contributed by atoms with Crippen LogP contribution in [0.5, 0.6) is 0 Å². The first kappa shape index (κ1) is 24.0. The Morgan fingerprint density at radius 1 is 1.18 bits per heavy atom. The van der Waals surface area contributed by atoms with E-state index in [2.05, 4.69) is 15.5 Å². The standard InChI is InChI=1S/C26H35ClFN3O3/c1-16-15-31(5-6-34-16)22(24-20(27)3-2-4-21(24)28)13-29-23(32)14-30-25(33)26-10-17-7-18(11-26)9-19(8-17)12-26/h2-4,16-19,22H,5-15H2,1H3,(H,29,32)(H,30,33). The SMILES string of the molecule is CC1CN(C(CNC(=O)CNC(=O)C23CC4CC(CC(C4)C2)C3)c2c(F)cccc2Cl)CCO1. The largest absolute Gasteiger partial charge is 0.376 e. The summed E-state index contributed by atoms with van der Waals surface area (Å²) in [6.07, 6.45) is 6.73. The molecule has 4 bridgehead atoms. The predicted molar refractivity (Wildman–Crippen MR) is 128 cm³/mol. The summed E-state index contributed by atoms with van der Waals surface area (Å²) in [6, 6.07) is 4.23. The van der Waals surface area contributed by atoms with Gasteiger partial charge in [0.1, 0.15) is 5.82 Å². The van der Waals surface area contributed by atoms with Crippen LogP contribution in [-0.2, 0) is 14.3 Å². The number of benzene rings is 1. The Kier molecular flexibility index (Phi) is 6.88. The topological polar surface area (TPSA) is 70.7 Å². The fourth-order valence-corrected chi connectivity index (χ4v) is 7.67. The van der Waals surface area contributed by atoms with Gasteiger partial charge in [-0.15, -0.1) is 0 Å². The smallest absolute Gasteiger partial charge is 0.239 e. The molecule has 2 amide bonds. The second-order valence-electron chi connectivity index (χ2n) is 11.0. The van der Waals surface area contributed by atoms with Crippen LogP contribution in [-0.4, -0.2) is 55.6 Å². The van der Waals surface area contributed by atoms with Crippen molar-refractivity contribution in [1.82, 2.24) is 15.5 Å². The maximum atomic E-state index is 14.8. The number of nitrogens with zero attached hydrogens (tertiary/aromatic N) is 1. The highest BCUT2D eigenvalue weighted by molar-refractivity contribution is 6.31. The second kappa shape index (κ2) is 9.75. The zero-order valence-electron chi connectivity index (χ0n) is 19.8. The molecule has 4 aliphatic carbocycles. The quantitative estimate of drug-likeness (QED) is 0.610. The summed E-state index contributed by atoms with van der Waals surface area (Å²) in [5.41, 5.74) is 0.110. The van der Waals surface area contributed by atoms with E-state index in [1.54, 1.807) is 12.1 Å². The summed E-state index contributed by atoms with van der Waals surface area (Å²) in [6.45, 7) is 3.91. The van der Waals surface area contributed by atoms with Crippen LogP contribution >= 0.6 is 11.6 Å². The molecule has 5 fully saturated rings. The number of hydrogen-bond acceptors (Lipinski definition) is 4. The molecule has 0 aromatic heterocycles. The van der Waals surface area contributed by atoms with Crippen molar-refractivity contribution >= 4 is 23.4 Å². The predicted octanol–water partition coefficient (Wildman–Crippen LogP) is 3.69. The fraction of sp³-hybridized carbons (Fsp3) is 0.692. The highest BCUT2D eigenvalue weighted by atomic mass is 35.5. The Balaban J connectivity index is 1.20. The zero-order chi connectivity index (χ0) is 23.9. The van der Waals surface area contributed by atoms with Crippen molar-refractivity contribution in [3.63, 3.8) is 0 Å². The van der Waals surface area contributed by atoms with Crippen LogP contribution in [0.4, 0.5) is 4.39 Å². The van der Waals surface area contributed by atoms with E-state index in [4.69, 9.17) is 16.3 Å². The van der Waals surface area contributed by atoms with Crippen molar-refractivity contribution in [3.05, 3.63) is 34.6 Å². The molecule has 4 saturated carbocycles. The lowest BCUT2D eigenvalue weighted by molar-refractivity contribution is -0.147. The van der Waals surface area contributed by atoms with Gasteiger partial charge in [-0.05, 0) is 75.3 Å². The monoisotopic (exact) mass is 491 g/mol. The molecule has 6 rings (SSSR count). The van der Waals surface area contributed by atoms with Crippen LogP contribution in [0.25, 0.3) is 0 Å². The molecule has 1 aromatic rings. The van der Waals surface area contributed by atoms with Gasteiger partial charge in [-0.3, -0.25) is 14.5 Å². The van der Waals surface area contributed by atoms with Gasteiger partial charge >= 0.3 is 0 Å². The zero-order valence-corrected chi connectivity index (χ0v) is 20.6. The molecule has 1 aromatic carbocycles. The summed E-state index contributed by atoms with van der Waals surface area (Å²) >= 11 is 6.38. The number of halogens is 2. The average molecular weight is 492 g/mol. The Hall–Kier alpha value is -1.70. The molecular formula is C26H35ClFN3O3. The molecule has 8 heteroatoms. The van der Waals surface area contributed by atoms with E-state index in [1.807, 2.05) is 6.92 Å². The Labute approximate surface area is 205 Å². The number of nitrogens with one attached hydrogen (secondary N) is 2. The van der Waals surface area contributed by atoms with Crippen LogP contribution in [0.1, 0.15) is 57.1 Å². The number of ether oxygens (including phenoxy) is 1. The molecule has 2 unspecified atom stereocenters. The molecule has 1 heterocycles. The summed E-state index contributed by atoms with van der Waals surface area (Å²) in [5.74, 6) is 1.41. The van der Waals surface area contributed by atoms with Gasteiger partial charge < -0.3 is 15.4 Å². The summed E-state index contributed by atoms with van der Waals surface area (Å²) in [5, 5.41) is 6.18. The molecular weight excluding hydrogens is 457 g/mol. The molecule has 5 aliphatic rings. The number of carbonyl (C=O) groups is 2. The highest BCUT2D eigenvalue weighted by Crippen LogP contribution is 2.60. The molecule has 0 radical (unpaired) electrons. The molecule has 6 nitrogen and oxygen atoms in total. The van der Waals surface area contributed by atoms with E-state index in [9.17, 15) is 14.0 Å². The van der Waals surface area contributed by atoms with Gasteiger partial charge in [0.25, 0.3) is 0 Å². The molecule has 186 valence electrons. The minimum atomic E-state index is -0.414. The number of amides is 2. The van der Waals surface area contributed by atoms with E-state index >= 15 is 0 Å². The maximum absolute atomic E-state index is 14.8. The minimum Gasteiger partial charge on any atom is -0.376 e. The lowest BCUT2D eigenvalue weighted by Crippen LogP contribution is -2.54. The normalized spacial score (nSPS) is 33.5. The van der Waals surface area contributed by atoms with Crippen LogP contribution in [0, 0.1) is 29.0 Å². The molecule has 2 N–H and O–H groups in total. The van der Waals surface area contributed by atoms with Crippen molar-refractivity contribution in [2.24, 2.45) is 23.2 Å². The van der Waals surface area contributed by atoms with Crippen LogP contribution in [0.3, 0.4) is 0 Å². The Morgan fingerprint density at radius 3 is 2.47 bits per heavy atom. The third kappa shape index (κ3) is 4.84. The van der Waals surface area contributed by atoms with Crippen molar-refractivity contribution in [1.29, 1.82) is 0 Å². The van der Waals surface area contributed by atoms with Crippen molar-refractivity contribution in [3.8, 4) is 0 Å². The molecule has 2 atom stereocenters. The van der Waals surface area contributed by atoms with E-state index in [1.165, 1.54) is 25.3 Å². The van der Waals surface area contributed by atoms with Gasteiger partial charge in [0.2, 0.25) is 11.8 Å². The third-order valence-corrected chi connectivity index (χ3v) is 8.80.